The van der Waals surface area contributed by atoms with Gasteiger partial charge >= 0.3 is 0 Å². The van der Waals surface area contributed by atoms with E-state index in [2.05, 4.69) is 0 Å². The lowest BCUT2D eigenvalue weighted by molar-refractivity contribution is 1.18. The summed E-state index contributed by atoms with van der Waals surface area (Å²) in [4.78, 5) is 10.3. The maximum Gasteiger partial charge on any atom is 0.161 e. The third-order valence-electron chi connectivity index (χ3n) is 8.45. The highest BCUT2D eigenvalue weighted by Gasteiger charge is 2.21. The van der Waals surface area contributed by atoms with Gasteiger partial charge in [-0.3, -0.25) is 0 Å². The van der Waals surface area contributed by atoms with Gasteiger partial charge in [0, 0.05) is 58.5 Å². The number of para-hydroxylation sites is 2. The Hall–Kier alpha value is -5.84. The summed E-state index contributed by atoms with van der Waals surface area (Å²) in [6.07, 6.45) is 0. The highest BCUT2D eigenvalue weighted by atomic mass is 32.1. The Morgan fingerprint density at radius 2 is 1.35 bits per heavy atom. The molecule has 0 saturated carbocycles. The Bertz CT molecular complexity index is 3380. The van der Waals surface area contributed by atoms with Crippen molar-refractivity contribution >= 4 is 75.0 Å². The molecule has 4 heteroatoms. The number of hydrogen-bond donors (Lipinski definition) is 0. The van der Waals surface area contributed by atoms with Crippen LogP contribution in [0.25, 0.3) is 92.0 Å². The van der Waals surface area contributed by atoms with Crippen LogP contribution in [0.1, 0.15) is 13.7 Å². The Balaban J connectivity index is 1.45. The summed E-state index contributed by atoms with van der Waals surface area (Å²) in [6, 6.07) is 24.5. The van der Waals surface area contributed by atoms with Crippen LogP contribution < -0.4 is 0 Å². The van der Waals surface area contributed by atoms with Crippen molar-refractivity contribution in [1.29, 1.82) is 0 Å². The highest BCUT2D eigenvalue weighted by Crippen LogP contribution is 2.44. The average Bonchev–Trinajstić information content (AvgIpc) is 3.78. The standard InChI is InChI=1S/C42H25N3S/c1-2-13-27(14-3-1)40-32-17-6-9-19-35(32)43-42(44-40)34-24-28(25-38-39(34)33-18-8-11-21-37(33)46-38)45-36-20-10-7-16-30(36)31-23-22-26-12-4-5-15-29(26)41(31)45/h1-25H/i4D,5D,7D,10D,12D,15D,16D,20D,22D,23D. The zero-order valence-electron chi connectivity index (χ0n) is 33.9. The second kappa shape index (κ2) is 9.83. The van der Waals surface area contributed by atoms with Crippen LogP contribution in [0.4, 0.5) is 0 Å². The van der Waals surface area contributed by atoms with Crippen molar-refractivity contribution < 1.29 is 13.7 Å². The highest BCUT2D eigenvalue weighted by molar-refractivity contribution is 7.26. The number of fused-ring (bicyclic) bond motifs is 9. The Morgan fingerprint density at radius 1 is 0.587 bits per heavy atom. The maximum absolute atomic E-state index is 9.25. The van der Waals surface area contributed by atoms with Gasteiger partial charge in [0.05, 0.1) is 36.0 Å². The van der Waals surface area contributed by atoms with Gasteiger partial charge in [-0.1, -0.05) is 121 Å². The lowest BCUT2D eigenvalue weighted by Gasteiger charge is -2.14. The van der Waals surface area contributed by atoms with Gasteiger partial charge in [0.1, 0.15) is 0 Å². The molecule has 0 fully saturated rings. The number of benzene rings is 7. The number of hydrogen-bond acceptors (Lipinski definition) is 3. The number of rotatable bonds is 3. The minimum atomic E-state index is -0.557. The molecule has 3 nitrogen and oxygen atoms in total. The van der Waals surface area contributed by atoms with E-state index in [1.807, 2.05) is 91.0 Å². The van der Waals surface area contributed by atoms with Gasteiger partial charge in [-0.2, -0.15) is 0 Å². The quantitative estimate of drug-likeness (QED) is 0.198. The Morgan fingerprint density at radius 3 is 2.26 bits per heavy atom. The maximum atomic E-state index is 9.25. The summed E-state index contributed by atoms with van der Waals surface area (Å²) in [7, 11) is 0. The van der Waals surface area contributed by atoms with E-state index in [0.29, 0.717) is 22.6 Å². The van der Waals surface area contributed by atoms with E-state index < -0.39 is 60.4 Å². The molecule has 0 atom stereocenters. The topological polar surface area (TPSA) is 30.7 Å². The van der Waals surface area contributed by atoms with Crippen LogP contribution in [0.3, 0.4) is 0 Å². The Labute approximate surface area is 282 Å². The first kappa shape index (κ1) is 17.6. The van der Waals surface area contributed by atoms with E-state index in [4.69, 9.17) is 20.9 Å². The van der Waals surface area contributed by atoms with Crippen LogP contribution in [0.5, 0.6) is 0 Å². The van der Waals surface area contributed by atoms with Crippen molar-refractivity contribution in [3.63, 3.8) is 0 Å². The minimum absolute atomic E-state index is 0.00891. The molecule has 0 spiro atoms. The van der Waals surface area contributed by atoms with Crippen LogP contribution in [-0.2, 0) is 0 Å². The van der Waals surface area contributed by atoms with Gasteiger partial charge in [0.25, 0.3) is 0 Å². The van der Waals surface area contributed by atoms with Crippen molar-refractivity contribution in [3.8, 4) is 28.3 Å². The lowest BCUT2D eigenvalue weighted by atomic mass is 10.0. The van der Waals surface area contributed by atoms with Gasteiger partial charge in [-0.15, -0.1) is 11.3 Å². The molecule has 0 aliphatic carbocycles. The second-order valence-electron chi connectivity index (χ2n) is 11.0. The molecular formula is C42H25N3S. The van der Waals surface area contributed by atoms with Crippen LogP contribution in [0, 0.1) is 0 Å². The zero-order valence-corrected chi connectivity index (χ0v) is 24.7. The molecule has 0 unspecified atom stereocenters. The summed E-state index contributed by atoms with van der Waals surface area (Å²) < 4.78 is 92.3. The minimum Gasteiger partial charge on any atom is -0.309 e. The Kier molecular flexibility index (Phi) is 3.76. The fourth-order valence-corrected chi connectivity index (χ4v) is 7.65. The first-order valence-electron chi connectivity index (χ1n) is 19.7. The number of thiophene rings is 1. The van der Waals surface area contributed by atoms with Gasteiger partial charge in [0.2, 0.25) is 0 Å². The van der Waals surface area contributed by atoms with E-state index in [0.717, 1.165) is 36.8 Å². The van der Waals surface area contributed by atoms with E-state index in [-0.39, 0.29) is 32.6 Å². The summed E-state index contributed by atoms with van der Waals surface area (Å²) in [5, 5.41) is 2.41. The summed E-state index contributed by atoms with van der Waals surface area (Å²) in [5.74, 6) is 0.405. The largest absolute Gasteiger partial charge is 0.309 e. The lowest BCUT2D eigenvalue weighted by Crippen LogP contribution is -1.99. The molecule has 0 amide bonds. The fourth-order valence-electron chi connectivity index (χ4n) is 6.48. The average molecular weight is 614 g/mol. The molecule has 0 aliphatic rings. The summed E-state index contributed by atoms with van der Waals surface area (Å²) >= 11 is 1.52. The molecule has 0 N–H and O–H groups in total. The molecule has 0 aliphatic heterocycles. The van der Waals surface area contributed by atoms with Crippen LogP contribution in [0.15, 0.2) is 151 Å². The van der Waals surface area contributed by atoms with E-state index in [1.54, 1.807) is 4.57 Å². The molecular weight excluding hydrogens is 579 g/mol. The molecule has 0 radical (unpaired) electrons. The van der Waals surface area contributed by atoms with Gasteiger partial charge < -0.3 is 4.57 Å². The van der Waals surface area contributed by atoms with Crippen molar-refractivity contribution in [2.75, 3.05) is 0 Å². The van der Waals surface area contributed by atoms with E-state index >= 15 is 0 Å². The van der Waals surface area contributed by atoms with Gasteiger partial charge in [-0.25, -0.2) is 9.97 Å². The monoisotopic (exact) mass is 613 g/mol. The smallest absolute Gasteiger partial charge is 0.161 e. The number of aromatic nitrogens is 3. The van der Waals surface area contributed by atoms with Crippen LogP contribution in [0.2, 0.25) is 0 Å². The third-order valence-corrected chi connectivity index (χ3v) is 9.57. The molecule has 0 saturated heterocycles. The predicted octanol–water partition coefficient (Wildman–Crippen LogP) is 11.6. The summed E-state index contributed by atoms with van der Waals surface area (Å²) in [5.41, 5.74) is 3.43. The molecule has 7 aromatic carbocycles. The number of nitrogens with zero attached hydrogens (tertiary/aromatic N) is 3. The van der Waals surface area contributed by atoms with Crippen LogP contribution >= 0.6 is 11.3 Å². The predicted molar refractivity (Wildman–Crippen MR) is 195 cm³/mol. The zero-order chi connectivity index (χ0) is 38.9. The van der Waals surface area contributed by atoms with E-state index in [1.165, 1.54) is 11.3 Å². The first-order chi connectivity index (χ1) is 27.0. The third kappa shape index (κ3) is 3.71. The molecule has 214 valence electrons. The van der Waals surface area contributed by atoms with Crippen molar-refractivity contribution in [3.05, 3.63) is 151 Å². The molecule has 3 heterocycles. The van der Waals surface area contributed by atoms with Crippen molar-refractivity contribution in [1.82, 2.24) is 14.5 Å². The van der Waals surface area contributed by atoms with Crippen molar-refractivity contribution in [2.24, 2.45) is 0 Å². The summed E-state index contributed by atoms with van der Waals surface area (Å²) in [6.45, 7) is 0. The fraction of sp³-hybridized carbons (Fsp3) is 0. The van der Waals surface area contributed by atoms with Crippen molar-refractivity contribution in [2.45, 2.75) is 0 Å². The normalized spacial score (nSPS) is 15.0. The first-order valence-corrected chi connectivity index (χ1v) is 15.5. The second-order valence-corrected chi connectivity index (χ2v) is 12.1. The molecule has 10 rings (SSSR count). The van der Waals surface area contributed by atoms with Gasteiger partial charge in [0.15, 0.2) is 5.82 Å². The van der Waals surface area contributed by atoms with Crippen LogP contribution in [-0.4, -0.2) is 14.5 Å². The van der Waals surface area contributed by atoms with E-state index in [9.17, 15) is 2.74 Å². The molecule has 46 heavy (non-hydrogen) atoms. The van der Waals surface area contributed by atoms with Gasteiger partial charge in [-0.05, 0) is 35.7 Å². The molecule has 3 aromatic heterocycles. The molecule has 10 aromatic rings. The molecule has 0 bridgehead atoms. The SMILES string of the molecule is [2H]c1c([2H])c([2H])c2c(c1[2H])c([2H])c([2H])c1c3c([2H])c([2H])c([2H])c([2H])c3n(-c3cc(-c4nc(-c5ccccc5)c5ccccc5n4)c4c(c3)sc3ccccc34)c21.